The van der Waals surface area contributed by atoms with Gasteiger partial charge in [0.25, 0.3) is 0 Å². The van der Waals surface area contributed by atoms with Crippen molar-refractivity contribution in [3.05, 3.63) is 23.8 Å². The molecule has 1 saturated heterocycles. The molecule has 124 valence electrons. The van der Waals surface area contributed by atoms with E-state index < -0.39 is 0 Å². The number of urea groups is 1. The molecule has 0 radical (unpaired) electrons. The Morgan fingerprint density at radius 1 is 1.30 bits per heavy atom. The van der Waals surface area contributed by atoms with Crippen molar-refractivity contribution < 1.29 is 4.79 Å². The second-order valence-corrected chi connectivity index (χ2v) is 7.20. The average molecular weight is 332 g/mol. The first-order chi connectivity index (χ1) is 11.1. The van der Waals surface area contributed by atoms with Crippen molar-refractivity contribution >= 4 is 32.7 Å². The Morgan fingerprint density at radius 3 is 2.70 bits per heavy atom. The number of carbonyl (C=O) groups is 1. The highest BCUT2D eigenvalue weighted by Gasteiger charge is 2.23. The summed E-state index contributed by atoms with van der Waals surface area (Å²) in [6.07, 6.45) is 1.00. The number of hydrogen-bond acceptors (Lipinski definition) is 4. The summed E-state index contributed by atoms with van der Waals surface area (Å²) in [5, 5.41) is 4.03. The molecule has 2 heterocycles. The Hall–Kier alpha value is -1.82. The largest absolute Gasteiger partial charge is 0.345 e. The van der Waals surface area contributed by atoms with E-state index in [1.54, 1.807) is 11.3 Å². The van der Waals surface area contributed by atoms with Gasteiger partial charge in [0, 0.05) is 32.2 Å². The molecule has 1 fully saturated rings. The number of amides is 2. The van der Waals surface area contributed by atoms with Crippen LogP contribution in [0.15, 0.2) is 18.2 Å². The summed E-state index contributed by atoms with van der Waals surface area (Å²) in [7, 11) is 0. The first-order valence-electron chi connectivity index (χ1n) is 8.27. The van der Waals surface area contributed by atoms with Crippen molar-refractivity contribution in [3.63, 3.8) is 0 Å². The summed E-state index contributed by atoms with van der Waals surface area (Å²) in [5.41, 5.74) is 2.44. The van der Waals surface area contributed by atoms with E-state index in [2.05, 4.69) is 35.3 Å². The van der Waals surface area contributed by atoms with E-state index in [9.17, 15) is 4.79 Å². The fraction of sp³-hybridized carbons (Fsp3) is 0.529. The fourth-order valence-corrected chi connectivity index (χ4v) is 3.92. The second kappa shape index (κ2) is 6.74. The lowest BCUT2D eigenvalue weighted by Crippen LogP contribution is -2.52. The standard InChI is InChI=1S/C17H24N4OS/c1-4-13-6-5-7-14-15(13)19-17(23-14)21-10-8-20(9-11-21)16(22)18-12(2)3/h5-7,12H,4,8-11H2,1-3H3,(H,18,22). The highest BCUT2D eigenvalue weighted by Crippen LogP contribution is 2.31. The molecule has 0 atom stereocenters. The molecule has 6 heteroatoms. The van der Waals surface area contributed by atoms with E-state index in [1.165, 1.54) is 10.3 Å². The van der Waals surface area contributed by atoms with Crippen LogP contribution in [0.5, 0.6) is 0 Å². The molecule has 23 heavy (non-hydrogen) atoms. The number of aromatic nitrogens is 1. The number of benzene rings is 1. The molecule has 1 aliphatic heterocycles. The van der Waals surface area contributed by atoms with Crippen molar-refractivity contribution in [3.8, 4) is 0 Å². The molecule has 0 unspecified atom stereocenters. The van der Waals surface area contributed by atoms with E-state index in [0.29, 0.717) is 0 Å². The SMILES string of the molecule is CCc1cccc2sc(N3CCN(C(=O)NC(C)C)CC3)nc12. The monoisotopic (exact) mass is 332 g/mol. The van der Waals surface area contributed by atoms with Crippen LogP contribution in [0.2, 0.25) is 0 Å². The minimum absolute atomic E-state index is 0.0391. The zero-order chi connectivity index (χ0) is 16.4. The van der Waals surface area contributed by atoms with E-state index >= 15 is 0 Å². The second-order valence-electron chi connectivity index (χ2n) is 6.19. The molecular weight excluding hydrogens is 308 g/mol. The van der Waals surface area contributed by atoms with Crippen LogP contribution in [-0.2, 0) is 6.42 Å². The number of carbonyl (C=O) groups excluding carboxylic acids is 1. The van der Waals surface area contributed by atoms with Gasteiger partial charge in [-0.05, 0) is 31.9 Å². The summed E-state index contributed by atoms with van der Waals surface area (Å²) in [6.45, 7) is 9.31. The zero-order valence-corrected chi connectivity index (χ0v) is 14.8. The number of nitrogens with one attached hydrogen (secondary N) is 1. The quantitative estimate of drug-likeness (QED) is 0.939. The molecule has 0 bridgehead atoms. The third-order valence-electron chi connectivity index (χ3n) is 4.12. The van der Waals surface area contributed by atoms with E-state index in [-0.39, 0.29) is 12.1 Å². The summed E-state index contributed by atoms with van der Waals surface area (Å²) in [5.74, 6) is 0. The lowest BCUT2D eigenvalue weighted by atomic mass is 10.1. The lowest BCUT2D eigenvalue weighted by Gasteiger charge is -2.34. The number of para-hydroxylation sites is 1. The first-order valence-corrected chi connectivity index (χ1v) is 9.09. The number of nitrogens with zero attached hydrogens (tertiary/aromatic N) is 3. The van der Waals surface area contributed by atoms with E-state index in [4.69, 9.17) is 4.98 Å². The number of anilines is 1. The lowest BCUT2D eigenvalue weighted by molar-refractivity contribution is 0.192. The van der Waals surface area contributed by atoms with Crippen LogP contribution in [-0.4, -0.2) is 48.1 Å². The smallest absolute Gasteiger partial charge is 0.317 e. The molecule has 2 amide bonds. The van der Waals surface area contributed by atoms with Crippen molar-refractivity contribution in [1.82, 2.24) is 15.2 Å². The van der Waals surface area contributed by atoms with Crippen molar-refractivity contribution in [2.75, 3.05) is 31.1 Å². The summed E-state index contributed by atoms with van der Waals surface area (Å²) in [4.78, 5) is 21.1. The van der Waals surface area contributed by atoms with Gasteiger partial charge in [-0.3, -0.25) is 0 Å². The van der Waals surface area contributed by atoms with Gasteiger partial charge in [0.1, 0.15) is 0 Å². The number of hydrogen-bond donors (Lipinski definition) is 1. The van der Waals surface area contributed by atoms with Crippen molar-refractivity contribution in [2.24, 2.45) is 0 Å². The molecule has 0 saturated carbocycles. The summed E-state index contributed by atoms with van der Waals surface area (Å²) < 4.78 is 1.25. The highest BCUT2D eigenvalue weighted by atomic mass is 32.1. The Bertz CT molecular complexity index is 689. The molecule has 0 aliphatic carbocycles. The number of aryl methyl sites for hydroxylation is 1. The Morgan fingerprint density at radius 2 is 2.04 bits per heavy atom. The topological polar surface area (TPSA) is 48.5 Å². The van der Waals surface area contributed by atoms with Gasteiger partial charge in [-0.15, -0.1) is 0 Å². The zero-order valence-electron chi connectivity index (χ0n) is 14.0. The van der Waals surface area contributed by atoms with Gasteiger partial charge in [-0.2, -0.15) is 0 Å². The van der Waals surface area contributed by atoms with Gasteiger partial charge in [0.15, 0.2) is 5.13 Å². The van der Waals surface area contributed by atoms with Crippen LogP contribution < -0.4 is 10.2 Å². The Kier molecular flexibility index (Phi) is 4.71. The van der Waals surface area contributed by atoms with E-state index in [0.717, 1.165) is 43.2 Å². The molecular formula is C17H24N4OS. The van der Waals surface area contributed by atoms with Crippen LogP contribution in [0, 0.1) is 0 Å². The van der Waals surface area contributed by atoms with Crippen LogP contribution in [0.25, 0.3) is 10.2 Å². The van der Waals surface area contributed by atoms with Gasteiger partial charge in [-0.25, -0.2) is 9.78 Å². The van der Waals surface area contributed by atoms with Gasteiger partial charge >= 0.3 is 6.03 Å². The maximum absolute atomic E-state index is 12.1. The number of rotatable bonds is 3. The third-order valence-corrected chi connectivity index (χ3v) is 5.20. The minimum Gasteiger partial charge on any atom is -0.345 e. The van der Waals surface area contributed by atoms with Gasteiger partial charge in [0.05, 0.1) is 10.2 Å². The molecule has 0 spiro atoms. The predicted molar refractivity (Wildman–Crippen MR) is 96.5 cm³/mol. The van der Waals surface area contributed by atoms with Crippen molar-refractivity contribution in [1.29, 1.82) is 0 Å². The van der Waals surface area contributed by atoms with Crippen LogP contribution in [0.3, 0.4) is 0 Å². The van der Waals surface area contributed by atoms with Gasteiger partial charge < -0.3 is 15.1 Å². The Balaban J connectivity index is 1.69. The molecule has 1 aliphatic rings. The molecule has 3 rings (SSSR count). The molecule has 5 nitrogen and oxygen atoms in total. The van der Waals surface area contributed by atoms with Gasteiger partial charge in [-0.1, -0.05) is 30.4 Å². The molecule has 1 aromatic carbocycles. The predicted octanol–water partition coefficient (Wildman–Crippen LogP) is 3.10. The summed E-state index contributed by atoms with van der Waals surface area (Å²) >= 11 is 1.75. The van der Waals surface area contributed by atoms with Gasteiger partial charge in [0.2, 0.25) is 0 Å². The normalized spacial score (nSPS) is 15.5. The van der Waals surface area contributed by atoms with E-state index in [1.807, 2.05) is 18.7 Å². The van der Waals surface area contributed by atoms with Crippen molar-refractivity contribution in [2.45, 2.75) is 33.2 Å². The number of piperazine rings is 1. The average Bonchev–Trinajstić information content (AvgIpc) is 2.98. The molecule has 2 aromatic rings. The minimum atomic E-state index is 0.0391. The third kappa shape index (κ3) is 3.42. The highest BCUT2D eigenvalue weighted by molar-refractivity contribution is 7.22. The van der Waals surface area contributed by atoms with Crippen LogP contribution in [0.1, 0.15) is 26.3 Å². The maximum Gasteiger partial charge on any atom is 0.317 e. The van der Waals surface area contributed by atoms with Crippen LogP contribution in [0.4, 0.5) is 9.93 Å². The molecule has 1 aromatic heterocycles. The maximum atomic E-state index is 12.1. The Labute approximate surface area is 141 Å². The molecule has 1 N–H and O–H groups in total. The fourth-order valence-electron chi connectivity index (χ4n) is 2.85. The number of thiazole rings is 1. The van der Waals surface area contributed by atoms with Crippen LogP contribution >= 0.6 is 11.3 Å². The summed E-state index contributed by atoms with van der Waals surface area (Å²) in [6, 6.07) is 6.62. The number of fused-ring (bicyclic) bond motifs is 1. The first kappa shape index (κ1) is 16.1.